The molecule has 0 heterocycles. The molecule has 0 spiro atoms. The Morgan fingerprint density at radius 3 is 1.54 bits per heavy atom. The summed E-state index contributed by atoms with van der Waals surface area (Å²) in [6.07, 6.45) is 5.84. The summed E-state index contributed by atoms with van der Waals surface area (Å²) in [5, 5.41) is 0. The Bertz CT molecular complexity index is 213. The molecule has 0 fully saturated rings. The number of hydrogen-bond acceptors (Lipinski definition) is 0. The molecule has 0 saturated heterocycles. The maximum atomic E-state index is 3.77. The predicted octanol–water partition coefficient (Wildman–Crippen LogP) is 3.37. The molecule has 0 aliphatic heterocycles. The lowest BCUT2D eigenvalue weighted by atomic mass is 10.7. The SMILES string of the molecule is [CH2]C#C[Si](CC=C)(CC=C)CC=C. The standard InChI is InChI=1S/C12H17Si/c1-5-9-13(10-6-2,11-7-3)12-8-4/h5-7H,1-4,9-11H2. The molecule has 0 nitrogen and oxygen atoms in total. The average molecular weight is 189 g/mol. The van der Waals surface area contributed by atoms with Crippen LogP contribution in [0.2, 0.25) is 18.1 Å². The number of rotatable bonds is 6. The van der Waals surface area contributed by atoms with Crippen molar-refractivity contribution in [3.05, 3.63) is 44.9 Å². The largest absolute Gasteiger partial charge is 0.149 e. The van der Waals surface area contributed by atoms with Crippen molar-refractivity contribution in [3.8, 4) is 11.5 Å². The van der Waals surface area contributed by atoms with E-state index in [4.69, 9.17) is 0 Å². The average Bonchev–Trinajstić information content (AvgIpc) is 2.06. The van der Waals surface area contributed by atoms with Gasteiger partial charge in [0.1, 0.15) is 8.07 Å². The third-order valence-corrected chi connectivity index (χ3v) is 5.88. The molecule has 0 amide bonds. The van der Waals surface area contributed by atoms with Crippen LogP contribution in [-0.4, -0.2) is 8.07 Å². The van der Waals surface area contributed by atoms with E-state index in [2.05, 4.69) is 38.1 Å². The predicted molar refractivity (Wildman–Crippen MR) is 63.9 cm³/mol. The van der Waals surface area contributed by atoms with E-state index in [1.165, 1.54) is 0 Å². The zero-order chi connectivity index (χ0) is 10.2. The van der Waals surface area contributed by atoms with Crippen molar-refractivity contribution < 1.29 is 0 Å². The second kappa shape index (κ2) is 6.51. The van der Waals surface area contributed by atoms with E-state index in [1.54, 1.807) is 0 Å². The minimum absolute atomic E-state index is 0.994. The Kier molecular flexibility index (Phi) is 6.00. The molecule has 13 heavy (non-hydrogen) atoms. The summed E-state index contributed by atoms with van der Waals surface area (Å²) < 4.78 is 0. The lowest BCUT2D eigenvalue weighted by Crippen LogP contribution is -2.30. The van der Waals surface area contributed by atoms with Crippen LogP contribution in [0.3, 0.4) is 0 Å². The van der Waals surface area contributed by atoms with Crippen LogP contribution in [0.4, 0.5) is 0 Å². The smallest absolute Gasteiger partial charge is 0.130 e. The maximum absolute atomic E-state index is 3.77. The third kappa shape index (κ3) is 3.96. The van der Waals surface area contributed by atoms with Crippen LogP contribution in [0.1, 0.15) is 0 Å². The Morgan fingerprint density at radius 2 is 1.31 bits per heavy atom. The van der Waals surface area contributed by atoms with Crippen LogP contribution in [0.25, 0.3) is 0 Å². The van der Waals surface area contributed by atoms with Gasteiger partial charge in [0.2, 0.25) is 0 Å². The molecule has 0 aliphatic rings. The monoisotopic (exact) mass is 189 g/mol. The van der Waals surface area contributed by atoms with Gasteiger partial charge in [-0.1, -0.05) is 18.2 Å². The summed E-state index contributed by atoms with van der Waals surface area (Å²) in [5.74, 6) is 2.78. The van der Waals surface area contributed by atoms with Gasteiger partial charge in [-0.3, -0.25) is 0 Å². The number of hydrogen-bond donors (Lipinski definition) is 0. The molecule has 0 aromatic heterocycles. The van der Waals surface area contributed by atoms with Gasteiger partial charge in [-0.05, 0) is 18.1 Å². The van der Waals surface area contributed by atoms with Gasteiger partial charge in [-0.2, -0.15) is 0 Å². The van der Waals surface area contributed by atoms with E-state index in [1.807, 2.05) is 18.2 Å². The summed E-state index contributed by atoms with van der Waals surface area (Å²) in [6, 6.07) is 2.98. The Balaban J connectivity index is 4.72. The quantitative estimate of drug-likeness (QED) is 0.341. The van der Waals surface area contributed by atoms with Crippen LogP contribution in [0.5, 0.6) is 0 Å². The van der Waals surface area contributed by atoms with Crippen molar-refractivity contribution in [1.29, 1.82) is 0 Å². The van der Waals surface area contributed by atoms with Gasteiger partial charge in [-0.15, -0.1) is 31.2 Å². The molecular weight excluding hydrogens is 172 g/mol. The first-order valence-electron chi connectivity index (χ1n) is 4.36. The van der Waals surface area contributed by atoms with Crippen molar-refractivity contribution in [3.63, 3.8) is 0 Å². The molecule has 0 saturated carbocycles. The molecule has 0 aromatic carbocycles. The zero-order valence-electron chi connectivity index (χ0n) is 8.18. The molecule has 0 atom stereocenters. The van der Waals surface area contributed by atoms with Gasteiger partial charge in [-0.25, -0.2) is 0 Å². The van der Waals surface area contributed by atoms with Crippen molar-refractivity contribution >= 4 is 8.07 Å². The molecule has 0 rings (SSSR count). The van der Waals surface area contributed by atoms with E-state index in [0.717, 1.165) is 18.1 Å². The molecule has 0 aromatic rings. The fourth-order valence-corrected chi connectivity index (χ4v) is 4.26. The summed E-state index contributed by atoms with van der Waals surface area (Å²) in [6.45, 7) is 14.9. The zero-order valence-corrected chi connectivity index (χ0v) is 9.18. The Labute approximate surface area is 83.1 Å². The van der Waals surface area contributed by atoms with E-state index in [-0.39, 0.29) is 0 Å². The van der Waals surface area contributed by atoms with E-state index < -0.39 is 8.07 Å². The van der Waals surface area contributed by atoms with Crippen LogP contribution < -0.4 is 0 Å². The van der Waals surface area contributed by atoms with Gasteiger partial charge in [0, 0.05) is 6.92 Å². The minimum atomic E-state index is -1.57. The van der Waals surface area contributed by atoms with Gasteiger partial charge in [0.05, 0.1) is 0 Å². The summed E-state index contributed by atoms with van der Waals surface area (Å²) in [4.78, 5) is 0. The second-order valence-corrected chi connectivity index (χ2v) is 7.10. The minimum Gasteiger partial charge on any atom is -0.130 e. The third-order valence-electron chi connectivity index (χ3n) is 1.96. The first-order valence-corrected chi connectivity index (χ1v) is 6.99. The maximum Gasteiger partial charge on any atom is 0.149 e. The van der Waals surface area contributed by atoms with Crippen LogP contribution in [0, 0.1) is 18.4 Å². The van der Waals surface area contributed by atoms with E-state index in [0.29, 0.717) is 0 Å². The fourth-order valence-electron chi connectivity index (χ4n) is 1.42. The Hall–Kier alpha value is -1.00. The van der Waals surface area contributed by atoms with Crippen molar-refractivity contribution in [2.75, 3.05) is 0 Å². The first kappa shape index (κ1) is 12.0. The second-order valence-electron chi connectivity index (χ2n) is 3.06. The molecule has 0 bridgehead atoms. The van der Waals surface area contributed by atoms with Gasteiger partial charge >= 0.3 is 0 Å². The molecular formula is C12H17Si. The van der Waals surface area contributed by atoms with E-state index >= 15 is 0 Å². The van der Waals surface area contributed by atoms with Crippen molar-refractivity contribution in [2.24, 2.45) is 0 Å². The lowest BCUT2D eigenvalue weighted by molar-refractivity contribution is 1.40. The summed E-state index contributed by atoms with van der Waals surface area (Å²) in [5.41, 5.74) is 3.26. The van der Waals surface area contributed by atoms with Crippen LogP contribution >= 0.6 is 0 Å². The van der Waals surface area contributed by atoms with Crippen LogP contribution in [-0.2, 0) is 0 Å². The van der Waals surface area contributed by atoms with Crippen molar-refractivity contribution in [2.45, 2.75) is 18.1 Å². The fraction of sp³-hybridized carbons (Fsp3) is 0.250. The van der Waals surface area contributed by atoms with Gasteiger partial charge in [0.15, 0.2) is 0 Å². The first-order chi connectivity index (χ1) is 6.24. The summed E-state index contributed by atoms with van der Waals surface area (Å²) in [7, 11) is -1.57. The van der Waals surface area contributed by atoms with Gasteiger partial charge in [0.25, 0.3) is 0 Å². The van der Waals surface area contributed by atoms with E-state index in [9.17, 15) is 0 Å². The highest BCUT2D eigenvalue weighted by Crippen LogP contribution is 2.21. The highest BCUT2D eigenvalue weighted by Gasteiger charge is 2.26. The van der Waals surface area contributed by atoms with Gasteiger partial charge < -0.3 is 0 Å². The highest BCUT2D eigenvalue weighted by molar-refractivity contribution is 6.88. The van der Waals surface area contributed by atoms with Crippen molar-refractivity contribution in [1.82, 2.24) is 0 Å². The molecule has 1 radical (unpaired) electrons. The normalized spacial score (nSPS) is 9.62. The lowest BCUT2D eigenvalue weighted by Gasteiger charge is -2.21. The molecule has 1 heteroatoms. The molecule has 0 aliphatic carbocycles. The highest BCUT2D eigenvalue weighted by atomic mass is 28.3. The molecule has 0 N–H and O–H groups in total. The Morgan fingerprint density at radius 1 is 0.923 bits per heavy atom. The van der Waals surface area contributed by atoms with Crippen LogP contribution in [0.15, 0.2) is 38.0 Å². The number of allylic oxidation sites excluding steroid dienone is 3. The molecule has 69 valence electrons. The topological polar surface area (TPSA) is 0 Å². The molecule has 0 unspecified atom stereocenters. The summed E-state index contributed by atoms with van der Waals surface area (Å²) >= 11 is 0.